The fourth-order valence-corrected chi connectivity index (χ4v) is 2.34. The predicted octanol–water partition coefficient (Wildman–Crippen LogP) is 2.33. The second-order valence-electron chi connectivity index (χ2n) is 4.60. The number of nitriles is 1. The number of nitrogens with zero attached hydrogens (tertiary/aromatic N) is 2. The summed E-state index contributed by atoms with van der Waals surface area (Å²) >= 11 is 0. The lowest BCUT2D eigenvalue weighted by atomic mass is 9.74. The zero-order chi connectivity index (χ0) is 11.3. The van der Waals surface area contributed by atoms with Crippen molar-refractivity contribution in [1.82, 2.24) is 4.90 Å². The summed E-state index contributed by atoms with van der Waals surface area (Å²) in [5.41, 5.74) is -0.203. The molecule has 0 saturated heterocycles. The molecule has 1 aliphatic rings. The van der Waals surface area contributed by atoms with Crippen LogP contribution in [-0.2, 0) is 4.79 Å². The standard InChI is InChI=1S/C12H20N2O/c1-3-14(10-9-13)11(15)12(2)7-5-4-6-8-12/h3-8,10H2,1-2H3. The maximum atomic E-state index is 12.2. The fourth-order valence-electron chi connectivity index (χ4n) is 2.34. The molecule has 0 aromatic rings. The normalized spacial score (nSPS) is 19.3. The van der Waals surface area contributed by atoms with E-state index in [4.69, 9.17) is 5.26 Å². The number of amides is 1. The molecule has 0 atom stereocenters. The van der Waals surface area contributed by atoms with E-state index >= 15 is 0 Å². The number of carbonyl (C=O) groups excluding carboxylic acids is 1. The summed E-state index contributed by atoms with van der Waals surface area (Å²) in [4.78, 5) is 13.9. The first-order chi connectivity index (χ1) is 7.14. The highest BCUT2D eigenvalue weighted by atomic mass is 16.2. The van der Waals surface area contributed by atoms with E-state index in [2.05, 4.69) is 13.0 Å². The molecule has 0 aromatic carbocycles. The van der Waals surface area contributed by atoms with Gasteiger partial charge in [-0.2, -0.15) is 5.26 Å². The summed E-state index contributed by atoms with van der Waals surface area (Å²) in [6.07, 6.45) is 5.49. The van der Waals surface area contributed by atoms with Crippen molar-refractivity contribution in [2.24, 2.45) is 5.41 Å². The highest BCUT2D eigenvalue weighted by Gasteiger charge is 2.36. The molecular formula is C12H20N2O. The average Bonchev–Trinajstić information content (AvgIpc) is 2.26. The number of hydrogen-bond donors (Lipinski definition) is 0. The minimum absolute atomic E-state index is 0.172. The maximum Gasteiger partial charge on any atom is 0.229 e. The molecule has 0 N–H and O–H groups in total. The van der Waals surface area contributed by atoms with Gasteiger partial charge in [-0.3, -0.25) is 4.79 Å². The summed E-state index contributed by atoms with van der Waals surface area (Å²) in [5, 5.41) is 8.66. The molecule has 0 aromatic heterocycles. The second-order valence-corrected chi connectivity index (χ2v) is 4.60. The first kappa shape index (κ1) is 12.0. The van der Waals surface area contributed by atoms with E-state index in [1.165, 1.54) is 6.42 Å². The Kier molecular flexibility index (Phi) is 4.14. The van der Waals surface area contributed by atoms with Crippen LogP contribution in [0.15, 0.2) is 0 Å². The van der Waals surface area contributed by atoms with E-state index in [1.54, 1.807) is 4.90 Å². The first-order valence-corrected chi connectivity index (χ1v) is 5.80. The minimum Gasteiger partial charge on any atom is -0.329 e. The van der Waals surface area contributed by atoms with Crippen LogP contribution in [0, 0.1) is 16.7 Å². The van der Waals surface area contributed by atoms with E-state index in [1.807, 2.05) is 6.92 Å². The second kappa shape index (κ2) is 5.16. The van der Waals surface area contributed by atoms with Gasteiger partial charge in [0.25, 0.3) is 0 Å². The molecule has 0 unspecified atom stereocenters. The molecular weight excluding hydrogens is 188 g/mol. The van der Waals surface area contributed by atoms with Crippen LogP contribution < -0.4 is 0 Å². The number of carbonyl (C=O) groups is 1. The topological polar surface area (TPSA) is 44.1 Å². The lowest BCUT2D eigenvalue weighted by molar-refractivity contribution is -0.142. The van der Waals surface area contributed by atoms with Crippen molar-refractivity contribution < 1.29 is 4.79 Å². The van der Waals surface area contributed by atoms with Gasteiger partial charge in [-0.05, 0) is 19.8 Å². The maximum absolute atomic E-state index is 12.2. The van der Waals surface area contributed by atoms with E-state index in [9.17, 15) is 4.79 Å². The SMILES string of the molecule is CCN(CC#N)C(=O)C1(C)CCCCC1. The third-order valence-corrected chi connectivity index (χ3v) is 3.40. The third-order valence-electron chi connectivity index (χ3n) is 3.40. The summed E-state index contributed by atoms with van der Waals surface area (Å²) in [6.45, 7) is 4.85. The van der Waals surface area contributed by atoms with Gasteiger partial charge in [0.1, 0.15) is 6.54 Å². The van der Waals surface area contributed by atoms with Crippen molar-refractivity contribution in [3.8, 4) is 6.07 Å². The Labute approximate surface area is 92.1 Å². The van der Waals surface area contributed by atoms with Crippen LogP contribution in [0.25, 0.3) is 0 Å². The highest BCUT2D eigenvalue weighted by Crippen LogP contribution is 2.37. The van der Waals surface area contributed by atoms with Gasteiger partial charge in [0.15, 0.2) is 0 Å². The van der Waals surface area contributed by atoms with Gasteiger partial charge in [0.05, 0.1) is 6.07 Å². The van der Waals surface area contributed by atoms with Gasteiger partial charge in [-0.15, -0.1) is 0 Å². The van der Waals surface area contributed by atoms with Gasteiger partial charge >= 0.3 is 0 Å². The Hall–Kier alpha value is -1.04. The van der Waals surface area contributed by atoms with Gasteiger partial charge in [-0.25, -0.2) is 0 Å². The van der Waals surface area contributed by atoms with Gasteiger partial charge < -0.3 is 4.90 Å². The van der Waals surface area contributed by atoms with Crippen molar-refractivity contribution >= 4 is 5.91 Å². The smallest absolute Gasteiger partial charge is 0.229 e. The summed E-state index contributed by atoms with van der Waals surface area (Å²) < 4.78 is 0. The highest BCUT2D eigenvalue weighted by molar-refractivity contribution is 5.82. The first-order valence-electron chi connectivity index (χ1n) is 5.80. The zero-order valence-electron chi connectivity index (χ0n) is 9.75. The van der Waals surface area contributed by atoms with Crippen LogP contribution in [0.1, 0.15) is 46.0 Å². The van der Waals surface area contributed by atoms with E-state index in [0.717, 1.165) is 25.7 Å². The van der Waals surface area contributed by atoms with Crippen LogP contribution in [0.5, 0.6) is 0 Å². The Bertz CT molecular complexity index is 261. The van der Waals surface area contributed by atoms with Crippen molar-refractivity contribution in [2.75, 3.05) is 13.1 Å². The Morgan fingerprint density at radius 2 is 2.00 bits per heavy atom. The Morgan fingerprint density at radius 3 is 2.47 bits per heavy atom. The van der Waals surface area contributed by atoms with Gasteiger partial charge in [-0.1, -0.05) is 26.2 Å². The lowest BCUT2D eigenvalue weighted by Crippen LogP contribution is -2.43. The van der Waals surface area contributed by atoms with Gasteiger partial charge in [0, 0.05) is 12.0 Å². The lowest BCUT2D eigenvalue weighted by Gasteiger charge is -2.35. The molecule has 0 spiro atoms. The summed E-state index contributed by atoms with van der Waals surface area (Å²) in [6, 6.07) is 2.06. The molecule has 1 fully saturated rings. The minimum atomic E-state index is -0.203. The Morgan fingerprint density at radius 1 is 1.40 bits per heavy atom. The molecule has 1 saturated carbocycles. The van der Waals surface area contributed by atoms with Crippen molar-refractivity contribution in [2.45, 2.75) is 46.0 Å². The van der Waals surface area contributed by atoms with E-state index in [0.29, 0.717) is 6.54 Å². The molecule has 0 radical (unpaired) electrons. The van der Waals surface area contributed by atoms with Crippen LogP contribution in [0.2, 0.25) is 0 Å². The molecule has 15 heavy (non-hydrogen) atoms. The van der Waals surface area contributed by atoms with Gasteiger partial charge in [0.2, 0.25) is 5.91 Å². The number of hydrogen-bond acceptors (Lipinski definition) is 2. The van der Waals surface area contributed by atoms with Crippen molar-refractivity contribution in [3.63, 3.8) is 0 Å². The largest absolute Gasteiger partial charge is 0.329 e. The monoisotopic (exact) mass is 208 g/mol. The van der Waals surface area contributed by atoms with E-state index < -0.39 is 0 Å². The summed E-state index contributed by atoms with van der Waals surface area (Å²) in [5.74, 6) is 0.172. The molecule has 1 amide bonds. The van der Waals surface area contributed by atoms with Crippen LogP contribution in [0.3, 0.4) is 0 Å². The average molecular weight is 208 g/mol. The van der Waals surface area contributed by atoms with E-state index in [-0.39, 0.29) is 17.9 Å². The molecule has 84 valence electrons. The van der Waals surface area contributed by atoms with Crippen molar-refractivity contribution in [3.05, 3.63) is 0 Å². The molecule has 1 rings (SSSR count). The molecule has 3 nitrogen and oxygen atoms in total. The molecule has 3 heteroatoms. The van der Waals surface area contributed by atoms with Crippen molar-refractivity contribution in [1.29, 1.82) is 5.26 Å². The molecule has 0 aliphatic heterocycles. The molecule has 0 bridgehead atoms. The van der Waals surface area contributed by atoms with Crippen LogP contribution >= 0.6 is 0 Å². The quantitative estimate of drug-likeness (QED) is 0.668. The number of rotatable bonds is 3. The molecule has 0 heterocycles. The Balaban J connectivity index is 2.68. The fraction of sp³-hybridized carbons (Fsp3) is 0.833. The zero-order valence-corrected chi connectivity index (χ0v) is 9.75. The predicted molar refractivity (Wildman–Crippen MR) is 59.1 cm³/mol. The van der Waals surface area contributed by atoms with Crippen LogP contribution in [0.4, 0.5) is 0 Å². The van der Waals surface area contributed by atoms with Crippen LogP contribution in [-0.4, -0.2) is 23.9 Å². The molecule has 1 aliphatic carbocycles. The summed E-state index contributed by atoms with van der Waals surface area (Å²) in [7, 11) is 0. The third kappa shape index (κ3) is 2.71.